The molecule has 180 valence electrons. The molecule has 3 rings (SSSR count). The van der Waals surface area contributed by atoms with Crippen LogP contribution < -0.4 is 5.32 Å². The number of ketones is 2. The Kier molecular flexibility index (Phi) is 8.69. The number of Topliss-reactive ketones (excluding diaryl/α,β-unsaturated/α-hetero) is 2. The van der Waals surface area contributed by atoms with Gasteiger partial charge in [-0.2, -0.15) is 0 Å². The molecule has 1 aliphatic carbocycles. The maximum Gasteiger partial charge on any atom is 0.322 e. The number of aliphatic hydroxyl groups is 2. The molecule has 0 unspecified atom stereocenters. The second-order valence-electron chi connectivity index (χ2n) is 8.99. The van der Waals surface area contributed by atoms with Crippen molar-refractivity contribution in [1.29, 1.82) is 0 Å². The van der Waals surface area contributed by atoms with Gasteiger partial charge in [-0.25, -0.2) is 0 Å². The summed E-state index contributed by atoms with van der Waals surface area (Å²) in [7, 11) is 0. The van der Waals surface area contributed by atoms with Crippen LogP contribution in [-0.2, 0) is 23.9 Å². The van der Waals surface area contributed by atoms with Crippen LogP contribution in [-0.4, -0.2) is 58.0 Å². The van der Waals surface area contributed by atoms with E-state index < -0.39 is 59.1 Å². The van der Waals surface area contributed by atoms with Crippen molar-refractivity contribution in [3.05, 3.63) is 47.6 Å². The summed E-state index contributed by atoms with van der Waals surface area (Å²) in [6, 6.07) is -1.15. The molecule has 0 aromatic heterocycles. The summed E-state index contributed by atoms with van der Waals surface area (Å²) in [6.45, 7) is 7.62. The van der Waals surface area contributed by atoms with Crippen molar-refractivity contribution in [1.82, 2.24) is 5.32 Å². The molecule has 2 heterocycles. The molecule has 1 amide bonds. The Hall–Kier alpha value is -2.84. The summed E-state index contributed by atoms with van der Waals surface area (Å²) in [4.78, 5) is 50.3. The minimum absolute atomic E-state index is 0.0298. The van der Waals surface area contributed by atoms with E-state index in [-0.39, 0.29) is 6.42 Å². The van der Waals surface area contributed by atoms with E-state index in [2.05, 4.69) is 5.32 Å². The number of rotatable bonds is 2. The molecule has 0 radical (unpaired) electrons. The highest BCUT2D eigenvalue weighted by atomic mass is 16.5. The Morgan fingerprint density at radius 3 is 2.33 bits per heavy atom. The van der Waals surface area contributed by atoms with Crippen molar-refractivity contribution in [2.75, 3.05) is 0 Å². The molecule has 0 spiro atoms. The molecule has 0 saturated carbocycles. The Bertz CT molecular complexity index is 929. The van der Waals surface area contributed by atoms with Crippen LogP contribution in [0.4, 0.5) is 0 Å². The third-order valence-electron chi connectivity index (χ3n) is 6.14. The first-order chi connectivity index (χ1) is 15.4. The second kappa shape index (κ2) is 10.9. The number of allylic oxidation sites excluding steroid dienone is 4. The van der Waals surface area contributed by atoms with Gasteiger partial charge in [0.25, 0.3) is 5.91 Å². The standard InChI is InChI=1S/C25H33NO7/c1-14-6-9-18(28)10-8-15(2)12-21(26-23(31)17(4)27)25(5)22(30)16(3)20(33-24(25)32)13-19(29)11-7-14/h6-8,10-12,16,18-21,28-29H,9,13H2,1-5H3,(H,26,31)/b10-8+,11-7+,14-6+,15-12+/t16-,18-,19+,20+,21+,25-/m0/s1. The number of amides is 1. The van der Waals surface area contributed by atoms with Gasteiger partial charge in [-0.05, 0) is 27.2 Å². The maximum atomic E-state index is 13.4. The highest BCUT2D eigenvalue weighted by Crippen LogP contribution is 2.38. The van der Waals surface area contributed by atoms with Crippen molar-refractivity contribution >= 4 is 23.4 Å². The molecule has 0 aromatic carbocycles. The van der Waals surface area contributed by atoms with E-state index in [0.29, 0.717) is 12.0 Å². The molecular formula is C25H33NO7. The molecule has 1 fully saturated rings. The average molecular weight is 460 g/mol. The van der Waals surface area contributed by atoms with Crippen LogP contribution in [0.3, 0.4) is 0 Å². The Balaban J connectivity index is 2.57. The predicted molar refractivity (Wildman–Crippen MR) is 122 cm³/mol. The van der Waals surface area contributed by atoms with E-state index >= 15 is 0 Å². The second-order valence-corrected chi connectivity index (χ2v) is 8.99. The van der Waals surface area contributed by atoms with Gasteiger partial charge in [0, 0.05) is 13.3 Å². The Labute approximate surface area is 194 Å². The summed E-state index contributed by atoms with van der Waals surface area (Å²) in [5, 5.41) is 23.1. The summed E-state index contributed by atoms with van der Waals surface area (Å²) in [5.74, 6) is -3.74. The third-order valence-corrected chi connectivity index (χ3v) is 6.14. The van der Waals surface area contributed by atoms with Gasteiger partial charge in [0.05, 0.1) is 24.2 Å². The number of hydrogen-bond acceptors (Lipinski definition) is 7. The first-order valence-corrected chi connectivity index (χ1v) is 11.0. The summed E-state index contributed by atoms with van der Waals surface area (Å²) in [5.41, 5.74) is -0.371. The van der Waals surface area contributed by atoms with Crippen LogP contribution in [0.25, 0.3) is 0 Å². The monoisotopic (exact) mass is 459 g/mol. The van der Waals surface area contributed by atoms with E-state index in [9.17, 15) is 29.4 Å². The van der Waals surface area contributed by atoms with Crippen molar-refractivity contribution in [2.45, 2.75) is 71.8 Å². The van der Waals surface area contributed by atoms with E-state index in [4.69, 9.17) is 4.74 Å². The van der Waals surface area contributed by atoms with Gasteiger partial charge >= 0.3 is 5.97 Å². The van der Waals surface area contributed by atoms with Gasteiger partial charge in [0.1, 0.15) is 11.5 Å². The first-order valence-electron chi connectivity index (χ1n) is 11.0. The quantitative estimate of drug-likeness (QED) is 0.326. The van der Waals surface area contributed by atoms with Gasteiger partial charge in [-0.15, -0.1) is 0 Å². The summed E-state index contributed by atoms with van der Waals surface area (Å²) in [6.07, 6.45) is 7.54. The molecule has 8 nitrogen and oxygen atoms in total. The molecule has 8 heteroatoms. The van der Waals surface area contributed by atoms with Crippen molar-refractivity contribution in [3.8, 4) is 0 Å². The van der Waals surface area contributed by atoms with E-state index in [1.165, 1.54) is 13.0 Å². The number of hydrogen-bond donors (Lipinski definition) is 3. The molecule has 0 aromatic rings. The molecular weight excluding hydrogens is 426 g/mol. The van der Waals surface area contributed by atoms with Crippen LogP contribution in [0.15, 0.2) is 47.6 Å². The highest BCUT2D eigenvalue weighted by molar-refractivity contribution is 6.35. The number of esters is 1. The fraction of sp³-hybridized carbons (Fsp3) is 0.520. The third kappa shape index (κ3) is 6.36. The van der Waals surface area contributed by atoms with Crippen molar-refractivity contribution in [3.63, 3.8) is 0 Å². The smallest absolute Gasteiger partial charge is 0.322 e. The number of fused-ring (bicyclic) bond motifs is 10. The van der Waals surface area contributed by atoms with Crippen LogP contribution in [0.1, 0.15) is 47.5 Å². The zero-order valence-corrected chi connectivity index (χ0v) is 19.7. The maximum absolute atomic E-state index is 13.4. The fourth-order valence-electron chi connectivity index (χ4n) is 3.85. The normalized spacial score (nSPS) is 38.7. The van der Waals surface area contributed by atoms with Gasteiger partial charge in [0.2, 0.25) is 5.78 Å². The molecule has 2 bridgehead atoms. The molecule has 33 heavy (non-hydrogen) atoms. The lowest BCUT2D eigenvalue weighted by Crippen LogP contribution is -2.61. The van der Waals surface area contributed by atoms with E-state index in [1.807, 2.05) is 13.0 Å². The Morgan fingerprint density at radius 1 is 1.09 bits per heavy atom. The van der Waals surface area contributed by atoms with Crippen molar-refractivity contribution < 1.29 is 34.1 Å². The molecule has 2 aliphatic heterocycles. The van der Waals surface area contributed by atoms with Gasteiger partial charge in [-0.1, -0.05) is 54.5 Å². The lowest BCUT2D eigenvalue weighted by molar-refractivity contribution is -0.181. The lowest BCUT2D eigenvalue weighted by Gasteiger charge is -2.42. The molecule has 3 aliphatic rings. The zero-order chi connectivity index (χ0) is 24.9. The van der Waals surface area contributed by atoms with Crippen LogP contribution >= 0.6 is 0 Å². The van der Waals surface area contributed by atoms with Crippen LogP contribution in [0, 0.1) is 11.3 Å². The highest BCUT2D eigenvalue weighted by Gasteiger charge is 2.56. The number of aliphatic hydroxyl groups excluding tert-OH is 2. The van der Waals surface area contributed by atoms with Gasteiger partial charge in [0.15, 0.2) is 5.78 Å². The minimum Gasteiger partial charge on any atom is -0.461 e. The molecule has 6 atom stereocenters. The number of nitrogens with one attached hydrogen (secondary N) is 1. The summed E-state index contributed by atoms with van der Waals surface area (Å²) < 4.78 is 5.59. The topological polar surface area (TPSA) is 130 Å². The van der Waals surface area contributed by atoms with Gasteiger partial charge < -0.3 is 20.3 Å². The van der Waals surface area contributed by atoms with E-state index in [1.54, 1.807) is 38.2 Å². The summed E-state index contributed by atoms with van der Waals surface area (Å²) >= 11 is 0. The van der Waals surface area contributed by atoms with Crippen LogP contribution in [0.2, 0.25) is 0 Å². The lowest BCUT2D eigenvalue weighted by atomic mass is 9.69. The average Bonchev–Trinajstić information content (AvgIpc) is 2.75. The molecule has 1 saturated heterocycles. The largest absolute Gasteiger partial charge is 0.461 e. The van der Waals surface area contributed by atoms with Crippen molar-refractivity contribution in [2.24, 2.45) is 11.3 Å². The number of carbonyl (C=O) groups excluding carboxylic acids is 4. The SMILES string of the molecule is CC(=O)C(=O)N[C@@H]1/C=C(C)/C=C/[C@@H](O)C/C=C(C)/C=C/[C@@H](O)C[C@H]2OC(=O)[C@]1(C)C(=O)[C@H]2C. The van der Waals surface area contributed by atoms with E-state index in [0.717, 1.165) is 12.5 Å². The first kappa shape index (κ1) is 26.4. The van der Waals surface area contributed by atoms with Crippen LogP contribution in [0.5, 0.6) is 0 Å². The predicted octanol–water partition coefficient (Wildman–Crippen LogP) is 1.72. The Morgan fingerprint density at radius 2 is 1.70 bits per heavy atom. The number of carbonyl (C=O) groups is 4. The molecule has 3 N–H and O–H groups in total. The minimum atomic E-state index is -1.78. The number of ether oxygens (including phenoxy) is 1. The zero-order valence-electron chi connectivity index (χ0n) is 19.7. The fourth-order valence-corrected chi connectivity index (χ4v) is 3.85. The van der Waals surface area contributed by atoms with Gasteiger partial charge in [-0.3, -0.25) is 19.2 Å².